The van der Waals surface area contributed by atoms with Crippen molar-refractivity contribution in [3.63, 3.8) is 0 Å². The van der Waals surface area contributed by atoms with E-state index in [1.54, 1.807) is 0 Å². The number of nitrogens with zero attached hydrogens (tertiary/aromatic N) is 2. The predicted octanol–water partition coefficient (Wildman–Crippen LogP) is 3.44. The van der Waals surface area contributed by atoms with E-state index in [-0.39, 0.29) is 30.2 Å². The second-order valence-electron chi connectivity index (χ2n) is 9.23. The Morgan fingerprint density at radius 2 is 1.88 bits per heavy atom. The monoisotopic (exact) mass is 469 g/mol. The summed E-state index contributed by atoms with van der Waals surface area (Å²) in [6.45, 7) is 1.25. The van der Waals surface area contributed by atoms with E-state index in [0.717, 1.165) is 70.0 Å². The van der Waals surface area contributed by atoms with Crippen LogP contribution < -0.4 is 5.32 Å². The van der Waals surface area contributed by atoms with Crippen LogP contribution in [-0.4, -0.2) is 71.6 Å². The standard InChI is InChI=1S/C24H34F3N3O3/c1-29(19-8-10-21(31)11-9-19)14-12-20-7-2-3-13-30(20)22(32)16-28-23(33)17-5-4-6-18(15-17)24(25,26)27/h4-6,15,19-21,31H,2-3,7-14,16H2,1H3,(H,28,33). The minimum atomic E-state index is -4.53. The molecule has 1 heterocycles. The van der Waals surface area contributed by atoms with Gasteiger partial charge < -0.3 is 20.2 Å². The predicted molar refractivity (Wildman–Crippen MR) is 119 cm³/mol. The highest BCUT2D eigenvalue weighted by Gasteiger charge is 2.31. The highest BCUT2D eigenvalue weighted by molar-refractivity contribution is 5.96. The Hall–Kier alpha value is -2.13. The summed E-state index contributed by atoms with van der Waals surface area (Å²) >= 11 is 0. The molecule has 0 bridgehead atoms. The first-order valence-corrected chi connectivity index (χ1v) is 11.8. The van der Waals surface area contributed by atoms with Gasteiger partial charge in [0.25, 0.3) is 5.91 Å². The van der Waals surface area contributed by atoms with Gasteiger partial charge in [-0.1, -0.05) is 6.07 Å². The van der Waals surface area contributed by atoms with E-state index in [1.165, 1.54) is 12.1 Å². The number of aliphatic hydroxyl groups excluding tert-OH is 1. The summed E-state index contributed by atoms with van der Waals surface area (Å²) in [5.74, 6) is -0.898. The Morgan fingerprint density at radius 1 is 1.15 bits per heavy atom. The molecule has 1 atom stereocenters. The topological polar surface area (TPSA) is 72.9 Å². The second-order valence-corrected chi connectivity index (χ2v) is 9.23. The van der Waals surface area contributed by atoms with Crippen molar-refractivity contribution >= 4 is 11.8 Å². The van der Waals surface area contributed by atoms with Crippen LogP contribution in [0, 0.1) is 0 Å². The number of aliphatic hydroxyl groups is 1. The first kappa shape index (κ1) is 25.5. The minimum absolute atomic E-state index is 0.0911. The average Bonchev–Trinajstić information content (AvgIpc) is 2.81. The maximum atomic E-state index is 12.9. The SMILES string of the molecule is CN(CCC1CCCCN1C(=O)CNC(=O)c1cccc(C(F)(F)F)c1)C1CCC(O)CC1. The molecule has 184 valence electrons. The maximum Gasteiger partial charge on any atom is 0.416 e. The summed E-state index contributed by atoms with van der Waals surface area (Å²) in [5.41, 5.74) is -1.01. The van der Waals surface area contributed by atoms with Gasteiger partial charge in [-0.3, -0.25) is 9.59 Å². The third-order valence-electron chi connectivity index (χ3n) is 6.90. The fourth-order valence-electron chi connectivity index (χ4n) is 4.86. The lowest BCUT2D eigenvalue weighted by molar-refractivity contribution is -0.137. The van der Waals surface area contributed by atoms with Crippen LogP contribution in [0.5, 0.6) is 0 Å². The largest absolute Gasteiger partial charge is 0.416 e. The van der Waals surface area contributed by atoms with E-state index in [0.29, 0.717) is 12.6 Å². The molecule has 1 aromatic carbocycles. The third kappa shape index (κ3) is 7.17. The zero-order valence-electron chi connectivity index (χ0n) is 19.1. The summed E-state index contributed by atoms with van der Waals surface area (Å²) in [6.07, 6.45) is 2.59. The van der Waals surface area contributed by atoms with Gasteiger partial charge in [0.1, 0.15) is 0 Å². The molecule has 2 aliphatic rings. The molecular weight excluding hydrogens is 435 g/mol. The van der Waals surface area contributed by atoms with Gasteiger partial charge in [-0.15, -0.1) is 0 Å². The van der Waals surface area contributed by atoms with Gasteiger partial charge in [-0.2, -0.15) is 13.2 Å². The van der Waals surface area contributed by atoms with Crippen LogP contribution in [0.3, 0.4) is 0 Å². The van der Waals surface area contributed by atoms with Crippen LogP contribution in [0.4, 0.5) is 13.2 Å². The smallest absolute Gasteiger partial charge is 0.393 e. The number of nitrogens with one attached hydrogen (secondary N) is 1. The number of carbonyl (C=O) groups is 2. The van der Waals surface area contributed by atoms with Crippen molar-refractivity contribution in [3.8, 4) is 0 Å². The second kappa shape index (κ2) is 11.3. The van der Waals surface area contributed by atoms with E-state index < -0.39 is 17.6 Å². The minimum Gasteiger partial charge on any atom is -0.393 e. The lowest BCUT2D eigenvalue weighted by atomic mass is 9.91. The number of halogens is 3. The molecule has 1 saturated heterocycles. The van der Waals surface area contributed by atoms with Crippen LogP contribution in [0.15, 0.2) is 24.3 Å². The third-order valence-corrected chi connectivity index (χ3v) is 6.90. The number of benzene rings is 1. The number of alkyl halides is 3. The number of likely N-dealkylation sites (tertiary alicyclic amines) is 1. The molecule has 1 saturated carbocycles. The van der Waals surface area contributed by atoms with Crippen molar-refractivity contribution in [1.82, 2.24) is 15.1 Å². The molecule has 33 heavy (non-hydrogen) atoms. The molecule has 0 aromatic heterocycles. The zero-order valence-corrected chi connectivity index (χ0v) is 19.1. The lowest BCUT2D eigenvalue weighted by Crippen LogP contribution is -2.49. The van der Waals surface area contributed by atoms with Gasteiger partial charge in [-0.05, 0) is 76.6 Å². The number of hydrogen-bond acceptors (Lipinski definition) is 4. The molecule has 0 radical (unpaired) electrons. The fraction of sp³-hybridized carbons (Fsp3) is 0.667. The number of rotatable bonds is 7. The zero-order chi connectivity index (χ0) is 24.0. The Balaban J connectivity index is 1.51. The van der Waals surface area contributed by atoms with E-state index in [2.05, 4.69) is 17.3 Å². The molecule has 1 unspecified atom stereocenters. The molecular formula is C24H34F3N3O3. The average molecular weight is 470 g/mol. The molecule has 1 aliphatic carbocycles. The van der Waals surface area contributed by atoms with Crippen LogP contribution in [0.25, 0.3) is 0 Å². The molecule has 6 nitrogen and oxygen atoms in total. The molecule has 3 rings (SSSR count). The summed E-state index contributed by atoms with van der Waals surface area (Å²) in [6, 6.07) is 4.74. The van der Waals surface area contributed by atoms with Crippen LogP contribution in [0.1, 0.15) is 67.3 Å². The van der Waals surface area contributed by atoms with Gasteiger partial charge >= 0.3 is 6.18 Å². The van der Waals surface area contributed by atoms with E-state index in [9.17, 15) is 27.9 Å². The highest BCUT2D eigenvalue weighted by atomic mass is 19.4. The van der Waals surface area contributed by atoms with E-state index in [1.807, 2.05) is 4.90 Å². The van der Waals surface area contributed by atoms with Crippen molar-refractivity contribution in [3.05, 3.63) is 35.4 Å². The fourth-order valence-corrected chi connectivity index (χ4v) is 4.86. The van der Waals surface area contributed by atoms with E-state index in [4.69, 9.17) is 0 Å². The van der Waals surface area contributed by atoms with Crippen molar-refractivity contribution in [1.29, 1.82) is 0 Å². The number of carbonyl (C=O) groups excluding carboxylic acids is 2. The summed E-state index contributed by atoms with van der Waals surface area (Å²) in [5, 5.41) is 12.2. The van der Waals surface area contributed by atoms with Crippen molar-refractivity contribution in [2.75, 3.05) is 26.7 Å². The highest BCUT2D eigenvalue weighted by Crippen LogP contribution is 2.29. The summed E-state index contributed by atoms with van der Waals surface area (Å²) in [7, 11) is 2.09. The maximum absolute atomic E-state index is 12.9. The van der Waals surface area contributed by atoms with Crippen molar-refractivity contribution in [2.24, 2.45) is 0 Å². The van der Waals surface area contributed by atoms with Gasteiger partial charge in [0, 0.05) is 30.7 Å². The van der Waals surface area contributed by atoms with Crippen molar-refractivity contribution in [2.45, 2.75) is 75.7 Å². The van der Waals surface area contributed by atoms with Crippen LogP contribution in [0.2, 0.25) is 0 Å². The number of hydrogen-bond donors (Lipinski definition) is 2. The Bertz CT molecular complexity index is 810. The Kier molecular flexibility index (Phi) is 8.75. The molecule has 1 aromatic rings. The Morgan fingerprint density at radius 3 is 2.58 bits per heavy atom. The van der Waals surface area contributed by atoms with Gasteiger partial charge in [-0.25, -0.2) is 0 Å². The van der Waals surface area contributed by atoms with Crippen LogP contribution in [-0.2, 0) is 11.0 Å². The first-order valence-electron chi connectivity index (χ1n) is 11.8. The number of amides is 2. The molecule has 0 spiro atoms. The lowest BCUT2D eigenvalue weighted by Gasteiger charge is -2.38. The Labute approximate surface area is 193 Å². The summed E-state index contributed by atoms with van der Waals surface area (Å²) in [4.78, 5) is 29.3. The summed E-state index contributed by atoms with van der Waals surface area (Å²) < 4.78 is 38.7. The first-order chi connectivity index (χ1) is 15.6. The quantitative estimate of drug-likeness (QED) is 0.642. The van der Waals surface area contributed by atoms with Crippen LogP contribution >= 0.6 is 0 Å². The normalized spacial score (nSPS) is 24.1. The van der Waals surface area contributed by atoms with Gasteiger partial charge in [0.05, 0.1) is 18.2 Å². The van der Waals surface area contributed by atoms with Gasteiger partial charge in [0.2, 0.25) is 5.91 Å². The molecule has 2 N–H and O–H groups in total. The van der Waals surface area contributed by atoms with E-state index >= 15 is 0 Å². The molecule has 9 heteroatoms. The number of piperidine rings is 1. The van der Waals surface area contributed by atoms with Crippen molar-refractivity contribution < 1.29 is 27.9 Å². The molecule has 1 aliphatic heterocycles. The van der Waals surface area contributed by atoms with Gasteiger partial charge in [0.15, 0.2) is 0 Å². The molecule has 2 amide bonds. The molecule has 2 fully saturated rings.